The van der Waals surface area contributed by atoms with Gasteiger partial charge in [-0.3, -0.25) is 29.4 Å². The molecule has 0 spiro atoms. The fourth-order valence-corrected chi connectivity index (χ4v) is 2.92. The van der Waals surface area contributed by atoms with Crippen LogP contribution in [0.4, 0.5) is 5.69 Å². The third-order valence-electron chi connectivity index (χ3n) is 4.17. The molecule has 9 heteroatoms. The molecule has 2 amide bonds. The Bertz CT molecular complexity index is 999. The van der Waals surface area contributed by atoms with Gasteiger partial charge in [-0.1, -0.05) is 6.07 Å². The summed E-state index contributed by atoms with van der Waals surface area (Å²) in [5, 5.41) is 11.1. The lowest BCUT2D eigenvalue weighted by Gasteiger charge is -2.12. The van der Waals surface area contributed by atoms with Gasteiger partial charge < -0.3 is 9.47 Å². The summed E-state index contributed by atoms with van der Waals surface area (Å²) in [6.07, 6.45) is 0. The molecule has 0 atom stereocenters. The number of rotatable bonds is 4. The van der Waals surface area contributed by atoms with Gasteiger partial charge in [-0.25, -0.2) is 0 Å². The highest BCUT2D eigenvalue weighted by Crippen LogP contribution is 2.33. The van der Waals surface area contributed by atoms with Crippen LogP contribution < -0.4 is 9.47 Å². The molecule has 2 aromatic carbocycles. The number of hydrogen-bond donors (Lipinski definition) is 0. The molecule has 2 heterocycles. The van der Waals surface area contributed by atoms with Gasteiger partial charge in [-0.05, 0) is 24.3 Å². The molecular weight excluding hydrogens is 344 g/mol. The molecule has 26 heavy (non-hydrogen) atoms. The Hall–Kier alpha value is -3.75. The van der Waals surface area contributed by atoms with Crippen molar-refractivity contribution in [2.45, 2.75) is 0 Å². The van der Waals surface area contributed by atoms with Crippen molar-refractivity contribution < 1.29 is 28.8 Å². The molecule has 0 aromatic heterocycles. The van der Waals surface area contributed by atoms with Gasteiger partial charge >= 0.3 is 0 Å². The lowest BCUT2D eigenvalue weighted by molar-refractivity contribution is -0.385. The third kappa shape index (κ3) is 2.29. The van der Waals surface area contributed by atoms with Crippen LogP contribution in [0, 0.1) is 10.1 Å². The number of Topliss-reactive ketones (excluding diaryl/α,β-unsaturated/α-hetero) is 1. The number of ketones is 1. The van der Waals surface area contributed by atoms with E-state index >= 15 is 0 Å². The first kappa shape index (κ1) is 15.8. The molecule has 4 rings (SSSR count). The highest BCUT2D eigenvalue weighted by Gasteiger charge is 2.41. The summed E-state index contributed by atoms with van der Waals surface area (Å²) in [7, 11) is 0. The molecule has 0 radical (unpaired) electrons. The number of nitrogens with zero attached hydrogens (tertiary/aromatic N) is 2. The molecule has 0 fully saturated rings. The number of nitro groups is 1. The summed E-state index contributed by atoms with van der Waals surface area (Å²) in [5.74, 6) is -1.19. The van der Waals surface area contributed by atoms with E-state index in [1.165, 1.54) is 24.3 Å². The van der Waals surface area contributed by atoms with Crippen LogP contribution >= 0.6 is 0 Å². The van der Waals surface area contributed by atoms with Crippen LogP contribution in [0.15, 0.2) is 36.4 Å². The Kier molecular flexibility index (Phi) is 3.43. The Morgan fingerprint density at radius 1 is 1.12 bits per heavy atom. The molecule has 0 N–H and O–H groups in total. The standard InChI is InChI=1S/C17H10N2O7/c20-12(9-4-5-13-14(6-9)26-8-25-13)7-18-16(21)10-2-1-3-11(19(23)24)15(10)17(18)22/h1-6H,7-8H2. The Balaban J connectivity index is 1.62. The molecule has 2 aromatic rings. The average molecular weight is 354 g/mol. The van der Waals surface area contributed by atoms with Crippen LogP contribution in [0.25, 0.3) is 0 Å². The first-order valence-corrected chi connectivity index (χ1v) is 7.54. The second-order valence-electron chi connectivity index (χ2n) is 5.64. The van der Waals surface area contributed by atoms with Crippen LogP contribution in [0.2, 0.25) is 0 Å². The van der Waals surface area contributed by atoms with Gasteiger partial charge in [0.05, 0.1) is 17.0 Å². The summed E-state index contributed by atoms with van der Waals surface area (Å²) >= 11 is 0. The van der Waals surface area contributed by atoms with Crippen molar-refractivity contribution in [3.05, 3.63) is 63.2 Å². The minimum Gasteiger partial charge on any atom is -0.454 e. The molecular formula is C17H10N2O7. The Labute approximate surface area is 145 Å². The summed E-state index contributed by atoms with van der Waals surface area (Å²) in [5.41, 5.74) is -0.595. The smallest absolute Gasteiger partial charge is 0.282 e. The summed E-state index contributed by atoms with van der Waals surface area (Å²) in [6.45, 7) is -0.474. The monoisotopic (exact) mass is 354 g/mol. The first-order chi connectivity index (χ1) is 12.5. The van der Waals surface area contributed by atoms with E-state index in [9.17, 15) is 24.5 Å². The Morgan fingerprint density at radius 3 is 2.65 bits per heavy atom. The summed E-state index contributed by atoms with van der Waals surface area (Å²) in [4.78, 5) is 48.5. The number of hydrogen-bond acceptors (Lipinski definition) is 7. The van der Waals surface area contributed by atoms with Crippen molar-refractivity contribution in [3.63, 3.8) is 0 Å². The lowest BCUT2D eigenvalue weighted by atomic mass is 10.1. The van der Waals surface area contributed by atoms with Crippen LogP contribution in [-0.2, 0) is 0 Å². The number of fused-ring (bicyclic) bond motifs is 2. The second kappa shape index (κ2) is 5.66. The maximum atomic E-state index is 12.5. The number of carbonyl (C=O) groups excluding carboxylic acids is 3. The fraction of sp³-hybridized carbons (Fsp3) is 0.118. The minimum atomic E-state index is -0.855. The second-order valence-corrected chi connectivity index (χ2v) is 5.64. The number of imide groups is 1. The van der Waals surface area contributed by atoms with E-state index in [4.69, 9.17) is 9.47 Å². The van der Waals surface area contributed by atoms with Crippen molar-refractivity contribution >= 4 is 23.3 Å². The average Bonchev–Trinajstić information content (AvgIpc) is 3.19. The van der Waals surface area contributed by atoms with E-state index in [0.717, 1.165) is 6.07 Å². The molecule has 0 saturated heterocycles. The molecule has 0 bridgehead atoms. The zero-order valence-electron chi connectivity index (χ0n) is 13.1. The highest BCUT2D eigenvalue weighted by atomic mass is 16.7. The summed E-state index contributed by atoms with van der Waals surface area (Å²) in [6, 6.07) is 8.32. The van der Waals surface area contributed by atoms with Gasteiger partial charge in [-0.2, -0.15) is 0 Å². The maximum absolute atomic E-state index is 12.5. The van der Waals surface area contributed by atoms with Crippen molar-refractivity contribution in [1.29, 1.82) is 0 Å². The minimum absolute atomic E-state index is 0.0506. The van der Waals surface area contributed by atoms with Gasteiger partial charge in [0, 0.05) is 11.6 Å². The normalized spacial score (nSPS) is 14.5. The van der Waals surface area contributed by atoms with Crippen molar-refractivity contribution in [2.75, 3.05) is 13.3 Å². The molecule has 0 aliphatic carbocycles. The van der Waals surface area contributed by atoms with E-state index in [2.05, 4.69) is 0 Å². The van der Waals surface area contributed by atoms with Gasteiger partial charge in [0.2, 0.25) is 6.79 Å². The maximum Gasteiger partial charge on any atom is 0.282 e. The number of carbonyl (C=O) groups is 3. The SMILES string of the molecule is O=C(CN1C(=O)c2cccc([N+](=O)[O-])c2C1=O)c1ccc2c(c1)OCO2. The number of amides is 2. The predicted octanol–water partition coefficient (Wildman–Crippen LogP) is 1.80. The van der Waals surface area contributed by atoms with Gasteiger partial charge in [0.25, 0.3) is 17.5 Å². The molecule has 0 unspecified atom stereocenters. The van der Waals surface area contributed by atoms with E-state index < -0.39 is 34.8 Å². The lowest BCUT2D eigenvalue weighted by Crippen LogP contribution is -2.35. The predicted molar refractivity (Wildman–Crippen MR) is 85.4 cm³/mol. The Morgan fingerprint density at radius 2 is 1.88 bits per heavy atom. The topological polar surface area (TPSA) is 116 Å². The van der Waals surface area contributed by atoms with Gasteiger partial charge in [0.1, 0.15) is 5.56 Å². The largest absolute Gasteiger partial charge is 0.454 e. The molecule has 130 valence electrons. The van der Waals surface area contributed by atoms with Gasteiger partial charge in [-0.15, -0.1) is 0 Å². The van der Waals surface area contributed by atoms with Crippen molar-refractivity contribution in [3.8, 4) is 11.5 Å². The van der Waals surface area contributed by atoms with E-state index in [-0.39, 0.29) is 23.5 Å². The molecule has 2 aliphatic rings. The number of nitro benzene ring substituents is 1. The van der Waals surface area contributed by atoms with Crippen molar-refractivity contribution in [2.24, 2.45) is 0 Å². The first-order valence-electron chi connectivity index (χ1n) is 7.54. The zero-order valence-corrected chi connectivity index (χ0v) is 13.1. The van der Waals surface area contributed by atoms with Gasteiger partial charge in [0.15, 0.2) is 17.3 Å². The van der Waals surface area contributed by atoms with Crippen LogP contribution in [0.1, 0.15) is 31.1 Å². The van der Waals surface area contributed by atoms with Crippen LogP contribution in [0.3, 0.4) is 0 Å². The van der Waals surface area contributed by atoms with Crippen molar-refractivity contribution in [1.82, 2.24) is 4.90 Å². The van der Waals surface area contributed by atoms with Crippen LogP contribution in [0.5, 0.6) is 11.5 Å². The molecule has 0 saturated carbocycles. The summed E-state index contributed by atoms with van der Waals surface area (Å²) < 4.78 is 10.4. The van der Waals surface area contributed by atoms with E-state index in [1.54, 1.807) is 6.07 Å². The molecule has 2 aliphatic heterocycles. The van der Waals surface area contributed by atoms with Crippen LogP contribution in [-0.4, -0.2) is 40.8 Å². The zero-order chi connectivity index (χ0) is 18.4. The quantitative estimate of drug-likeness (QED) is 0.356. The third-order valence-corrected chi connectivity index (χ3v) is 4.17. The number of ether oxygens (including phenoxy) is 2. The fourth-order valence-electron chi connectivity index (χ4n) is 2.92. The highest BCUT2D eigenvalue weighted by molar-refractivity contribution is 6.24. The number of benzene rings is 2. The van der Waals surface area contributed by atoms with E-state index in [0.29, 0.717) is 16.4 Å². The molecule has 9 nitrogen and oxygen atoms in total. The van der Waals surface area contributed by atoms with E-state index in [1.807, 2.05) is 0 Å².